The monoisotopic (exact) mass is 389 g/mol. The van der Waals surface area contributed by atoms with Crippen molar-refractivity contribution in [2.75, 3.05) is 7.11 Å². The molecular formula is C22H19N3O4. The minimum absolute atomic E-state index is 0.0443. The van der Waals surface area contributed by atoms with E-state index in [2.05, 4.69) is 9.97 Å². The van der Waals surface area contributed by atoms with Gasteiger partial charge in [-0.3, -0.25) is 10.1 Å². The highest BCUT2D eigenvalue weighted by Crippen LogP contribution is 2.33. The van der Waals surface area contributed by atoms with E-state index in [1.54, 1.807) is 25.3 Å². The summed E-state index contributed by atoms with van der Waals surface area (Å²) in [5.74, 6) is 1.75. The van der Waals surface area contributed by atoms with Gasteiger partial charge >= 0.3 is 0 Å². The third-order valence-corrected chi connectivity index (χ3v) is 4.65. The van der Waals surface area contributed by atoms with Crippen molar-refractivity contribution in [2.24, 2.45) is 0 Å². The zero-order valence-electron chi connectivity index (χ0n) is 16.0. The number of ether oxygens (including phenoxy) is 2. The summed E-state index contributed by atoms with van der Waals surface area (Å²) in [6.07, 6.45) is 0. The predicted molar refractivity (Wildman–Crippen MR) is 110 cm³/mol. The minimum atomic E-state index is -0.395. The van der Waals surface area contributed by atoms with Crippen LogP contribution in [0.15, 0.2) is 60.7 Å². The summed E-state index contributed by atoms with van der Waals surface area (Å²) in [4.78, 5) is 18.8. The Morgan fingerprint density at radius 1 is 1.07 bits per heavy atom. The number of nitrogens with zero attached hydrogens (tertiary/aromatic N) is 2. The van der Waals surface area contributed by atoms with Gasteiger partial charge in [0.25, 0.3) is 5.69 Å². The maximum absolute atomic E-state index is 11.3. The normalized spacial score (nSPS) is 10.8. The Balaban J connectivity index is 1.60. The van der Waals surface area contributed by atoms with Crippen LogP contribution in [-0.2, 0) is 6.61 Å². The minimum Gasteiger partial charge on any atom is -0.493 e. The highest BCUT2D eigenvalue weighted by Gasteiger charge is 2.16. The molecule has 4 rings (SSSR count). The lowest BCUT2D eigenvalue weighted by Gasteiger charge is -2.12. The van der Waals surface area contributed by atoms with E-state index in [0.29, 0.717) is 17.1 Å². The molecule has 29 heavy (non-hydrogen) atoms. The number of rotatable bonds is 6. The molecule has 1 aromatic heterocycles. The van der Waals surface area contributed by atoms with E-state index in [1.807, 2.05) is 49.4 Å². The lowest BCUT2D eigenvalue weighted by Crippen LogP contribution is -2.02. The standard InChI is InChI=1S/C22H19N3O4/c1-14-7-8-16(19(11-14)25(26)27)13-29-20-10-9-15(12-21(20)28-2)22-23-17-5-3-4-6-18(17)24-22/h3-12H,13H2,1-2H3,(H,23,24). The van der Waals surface area contributed by atoms with Gasteiger partial charge in [-0.1, -0.05) is 18.2 Å². The molecule has 1 heterocycles. The molecule has 0 radical (unpaired) electrons. The van der Waals surface area contributed by atoms with Crippen molar-refractivity contribution >= 4 is 16.7 Å². The molecule has 0 bridgehead atoms. The second-order valence-corrected chi connectivity index (χ2v) is 6.65. The molecule has 7 heteroatoms. The van der Waals surface area contributed by atoms with Crippen LogP contribution in [0.3, 0.4) is 0 Å². The molecule has 146 valence electrons. The number of benzene rings is 3. The Morgan fingerprint density at radius 3 is 2.66 bits per heavy atom. The van der Waals surface area contributed by atoms with Crippen LogP contribution in [0.4, 0.5) is 5.69 Å². The molecule has 7 nitrogen and oxygen atoms in total. The number of hydrogen-bond donors (Lipinski definition) is 1. The topological polar surface area (TPSA) is 90.3 Å². The fraction of sp³-hybridized carbons (Fsp3) is 0.136. The largest absolute Gasteiger partial charge is 0.493 e. The number of imidazole rings is 1. The first kappa shape index (κ1) is 18.5. The highest BCUT2D eigenvalue weighted by molar-refractivity contribution is 5.79. The number of hydrogen-bond acceptors (Lipinski definition) is 5. The summed E-state index contributed by atoms with van der Waals surface area (Å²) in [5.41, 5.74) is 4.06. The zero-order chi connectivity index (χ0) is 20.4. The fourth-order valence-electron chi connectivity index (χ4n) is 3.15. The first-order chi connectivity index (χ1) is 14.0. The Labute approximate surface area is 167 Å². The van der Waals surface area contributed by atoms with Crippen molar-refractivity contribution in [2.45, 2.75) is 13.5 Å². The number of aromatic nitrogens is 2. The molecule has 4 aromatic rings. The fourth-order valence-corrected chi connectivity index (χ4v) is 3.15. The average molecular weight is 389 g/mol. The van der Waals surface area contributed by atoms with Crippen molar-refractivity contribution < 1.29 is 14.4 Å². The third kappa shape index (κ3) is 3.75. The smallest absolute Gasteiger partial charge is 0.276 e. The first-order valence-electron chi connectivity index (χ1n) is 9.05. The molecule has 0 spiro atoms. The second kappa shape index (κ2) is 7.63. The van der Waals surface area contributed by atoms with E-state index in [0.717, 1.165) is 28.0 Å². The molecule has 0 atom stereocenters. The van der Waals surface area contributed by atoms with E-state index in [1.165, 1.54) is 0 Å². The molecule has 0 saturated heterocycles. The number of nitrogens with one attached hydrogen (secondary N) is 1. The van der Waals surface area contributed by atoms with Crippen LogP contribution in [0, 0.1) is 17.0 Å². The van der Waals surface area contributed by atoms with Gasteiger partial charge in [-0.05, 0) is 48.9 Å². The van der Waals surface area contributed by atoms with E-state index < -0.39 is 4.92 Å². The van der Waals surface area contributed by atoms with Gasteiger partial charge < -0.3 is 14.5 Å². The number of para-hydroxylation sites is 2. The van der Waals surface area contributed by atoms with Gasteiger partial charge in [0.2, 0.25) is 0 Å². The summed E-state index contributed by atoms with van der Waals surface area (Å²) >= 11 is 0. The number of aryl methyl sites for hydroxylation is 1. The Bertz CT molecular complexity index is 1170. The van der Waals surface area contributed by atoms with Crippen LogP contribution in [0.5, 0.6) is 11.5 Å². The Morgan fingerprint density at radius 2 is 1.90 bits per heavy atom. The van der Waals surface area contributed by atoms with Gasteiger partial charge in [-0.2, -0.15) is 0 Å². The molecule has 0 aliphatic heterocycles. The summed E-state index contributed by atoms with van der Waals surface area (Å²) in [7, 11) is 1.55. The molecule has 0 amide bonds. The van der Waals surface area contributed by atoms with Crippen molar-refractivity contribution in [3.05, 3.63) is 81.9 Å². The van der Waals surface area contributed by atoms with Crippen LogP contribution in [0.25, 0.3) is 22.4 Å². The lowest BCUT2D eigenvalue weighted by atomic mass is 10.1. The van der Waals surface area contributed by atoms with Crippen molar-refractivity contribution in [1.82, 2.24) is 9.97 Å². The Hall–Kier alpha value is -3.87. The molecule has 0 fully saturated rings. The van der Waals surface area contributed by atoms with Gasteiger partial charge in [0.05, 0.1) is 28.6 Å². The van der Waals surface area contributed by atoms with Crippen molar-refractivity contribution in [1.29, 1.82) is 0 Å². The molecule has 0 saturated carbocycles. The zero-order valence-corrected chi connectivity index (χ0v) is 16.0. The van der Waals surface area contributed by atoms with E-state index in [-0.39, 0.29) is 12.3 Å². The first-order valence-corrected chi connectivity index (χ1v) is 9.05. The number of nitro groups is 1. The third-order valence-electron chi connectivity index (χ3n) is 4.65. The number of methoxy groups -OCH3 is 1. The van der Waals surface area contributed by atoms with E-state index >= 15 is 0 Å². The van der Waals surface area contributed by atoms with Crippen LogP contribution < -0.4 is 9.47 Å². The maximum Gasteiger partial charge on any atom is 0.276 e. The van der Waals surface area contributed by atoms with Gasteiger partial charge in [0, 0.05) is 11.6 Å². The quantitative estimate of drug-likeness (QED) is 0.369. The SMILES string of the molecule is COc1cc(-c2nc3ccccc3[nH]2)ccc1OCc1ccc(C)cc1[N+](=O)[O-]. The van der Waals surface area contributed by atoms with Gasteiger partial charge in [-0.25, -0.2) is 4.98 Å². The molecule has 0 aliphatic rings. The van der Waals surface area contributed by atoms with Crippen molar-refractivity contribution in [3.63, 3.8) is 0 Å². The summed E-state index contributed by atoms with van der Waals surface area (Å²) < 4.78 is 11.3. The number of fused-ring (bicyclic) bond motifs is 1. The van der Waals surface area contributed by atoms with Crippen LogP contribution >= 0.6 is 0 Å². The van der Waals surface area contributed by atoms with E-state index in [9.17, 15) is 10.1 Å². The average Bonchev–Trinajstić information content (AvgIpc) is 3.17. The molecule has 0 aliphatic carbocycles. The number of aromatic amines is 1. The summed E-state index contributed by atoms with van der Waals surface area (Å²) in [5, 5.41) is 11.3. The molecular weight excluding hydrogens is 370 g/mol. The Kier molecular flexibility index (Phi) is 4.87. The van der Waals surface area contributed by atoms with Crippen LogP contribution in [0.1, 0.15) is 11.1 Å². The summed E-state index contributed by atoms with van der Waals surface area (Å²) in [6.45, 7) is 1.88. The lowest BCUT2D eigenvalue weighted by molar-refractivity contribution is -0.385. The maximum atomic E-state index is 11.3. The van der Waals surface area contributed by atoms with Gasteiger partial charge in [-0.15, -0.1) is 0 Å². The number of nitro benzene ring substituents is 1. The molecule has 3 aromatic carbocycles. The second-order valence-electron chi connectivity index (χ2n) is 6.65. The summed E-state index contributed by atoms with van der Waals surface area (Å²) in [6, 6.07) is 18.4. The number of H-pyrrole nitrogens is 1. The van der Waals surface area contributed by atoms with Gasteiger partial charge in [0.1, 0.15) is 12.4 Å². The predicted octanol–water partition coefficient (Wildman–Crippen LogP) is 5.03. The highest BCUT2D eigenvalue weighted by atomic mass is 16.6. The van der Waals surface area contributed by atoms with Crippen LogP contribution in [-0.4, -0.2) is 22.0 Å². The molecule has 1 N–H and O–H groups in total. The van der Waals surface area contributed by atoms with Gasteiger partial charge in [0.15, 0.2) is 11.5 Å². The van der Waals surface area contributed by atoms with Crippen molar-refractivity contribution in [3.8, 4) is 22.9 Å². The molecule has 0 unspecified atom stereocenters. The van der Waals surface area contributed by atoms with Crippen LogP contribution in [0.2, 0.25) is 0 Å². The van der Waals surface area contributed by atoms with E-state index in [4.69, 9.17) is 9.47 Å².